The number of nitrogens with one attached hydrogen (secondary N) is 1. The summed E-state index contributed by atoms with van der Waals surface area (Å²) in [4.78, 5) is 34.3. The van der Waals surface area contributed by atoms with Crippen molar-refractivity contribution < 1.29 is 24.2 Å². The zero-order valence-electron chi connectivity index (χ0n) is 13.5. The molecule has 0 unspecified atom stereocenters. The largest absolute Gasteiger partial charge is 0.550 e. The van der Waals surface area contributed by atoms with Gasteiger partial charge in [0.1, 0.15) is 11.3 Å². The number of benzene rings is 1. The third-order valence-corrected chi connectivity index (χ3v) is 3.72. The highest BCUT2D eigenvalue weighted by Gasteiger charge is 2.17. The summed E-state index contributed by atoms with van der Waals surface area (Å²) in [5.41, 5.74) is 1.05. The lowest BCUT2D eigenvalue weighted by Crippen LogP contribution is -2.30. The van der Waals surface area contributed by atoms with Crippen LogP contribution >= 0.6 is 0 Å². The van der Waals surface area contributed by atoms with Crippen LogP contribution in [-0.2, 0) is 16.0 Å². The summed E-state index contributed by atoms with van der Waals surface area (Å²) in [6, 6.07) is 3.20. The Labute approximate surface area is 137 Å². The van der Waals surface area contributed by atoms with Crippen molar-refractivity contribution in [2.45, 2.75) is 33.1 Å². The van der Waals surface area contributed by atoms with E-state index in [1.54, 1.807) is 26.0 Å². The van der Waals surface area contributed by atoms with Crippen molar-refractivity contribution in [3.05, 3.63) is 39.2 Å². The third-order valence-electron chi connectivity index (χ3n) is 3.72. The van der Waals surface area contributed by atoms with Crippen LogP contribution in [0.25, 0.3) is 11.0 Å². The molecular formula is C17H18NO6-. The molecule has 0 spiro atoms. The van der Waals surface area contributed by atoms with Crippen molar-refractivity contribution in [2.24, 2.45) is 0 Å². The molecule has 0 aliphatic rings. The fourth-order valence-corrected chi connectivity index (χ4v) is 2.55. The van der Waals surface area contributed by atoms with Gasteiger partial charge in [-0.25, -0.2) is 4.79 Å². The molecule has 2 aromatic rings. The number of phenolic OH excluding ortho intramolecular Hbond substituents is 1. The van der Waals surface area contributed by atoms with E-state index < -0.39 is 17.5 Å². The Balaban J connectivity index is 2.22. The second-order valence-electron chi connectivity index (χ2n) is 5.65. The second kappa shape index (κ2) is 7.16. The van der Waals surface area contributed by atoms with Crippen molar-refractivity contribution in [3.63, 3.8) is 0 Å². The van der Waals surface area contributed by atoms with Crippen molar-refractivity contribution in [1.29, 1.82) is 0 Å². The highest BCUT2D eigenvalue weighted by molar-refractivity contribution is 5.89. The van der Waals surface area contributed by atoms with Gasteiger partial charge in [-0.2, -0.15) is 0 Å². The van der Waals surface area contributed by atoms with Crippen LogP contribution in [0.3, 0.4) is 0 Å². The highest BCUT2D eigenvalue weighted by Crippen LogP contribution is 2.29. The molecule has 1 aromatic heterocycles. The van der Waals surface area contributed by atoms with Gasteiger partial charge >= 0.3 is 5.63 Å². The van der Waals surface area contributed by atoms with Crippen molar-refractivity contribution in [3.8, 4) is 5.75 Å². The average Bonchev–Trinajstić information content (AvgIpc) is 2.46. The SMILES string of the molecule is Cc1cc(O)c2c(C)c(CC(=O)NCCCC(=O)[O-])c(=O)oc2c1. The second-order valence-corrected chi connectivity index (χ2v) is 5.65. The maximum absolute atomic E-state index is 12.1. The van der Waals surface area contributed by atoms with E-state index >= 15 is 0 Å². The summed E-state index contributed by atoms with van der Waals surface area (Å²) in [5.74, 6) is -1.61. The Hall–Kier alpha value is -2.83. The summed E-state index contributed by atoms with van der Waals surface area (Å²) in [6.45, 7) is 3.59. The van der Waals surface area contributed by atoms with E-state index in [9.17, 15) is 24.6 Å². The lowest BCUT2D eigenvalue weighted by Gasteiger charge is -2.10. The zero-order chi connectivity index (χ0) is 17.9. The van der Waals surface area contributed by atoms with Gasteiger partial charge in [-0.15, -0.1) is 0 Å². The number of aryl methyl sites for hydroxylation is 2. The van der Waals surface area contributed by atoms with Gasteiger partial charge in [0.25, 0.3) is 0 Å². The Kier molecular flexibility index (Phi) is 5.23. The number of hydrogen-bond donors (Lipinski definition) is 2. The van der Waals surface area contributed by atoms with E-state index in [-0.39, 0.29) is 42.7 Å². The van der Waals surface area contributed by atoms with Gasteiger partial charge in [0.2, 0.25) is 5.91 Å². The van der Waals surface area contributed by atoms with Crippen LogP contribution in [0.2, 0.25) is 0 Å². The molecule has 0 saturated carbocycles. The number of fused-ring (bicyclic) bond motifs is 1. The van der Waals surface area contributed by atoms with Crippen molar-refractivity contribution in [2.75, 3.05) is 6.54 Å². The molecule has 128 valence electrons. The summed E-state index contributed by atoms with van der Waals surface area (Å²) in [5, 5.41) is 23.3. The molecule has 0 radical (unpaired) electrons. The summed E-state index contributed by atoms with van der Waals surface area (Å²) < 4.78 is 5.21. The number of aliphatic carboxylic acids is 1. The standard InChI is InChI=1S/C17H19NO6/c1-9-6-12(19)16-10(2)11(17(23)24-13(16)7-9)8-14(20)18-5-3-4-15(21)22/h6-7,19H,3-5,8H2,1-2H3,(H,18,20)(H,21,22)/p-1. The molecule has 1 aromatic carbocycles. The van der Waals surface area contributed by atoms with Crippen LogP contribution < -0.4 is 16.0 Å². The van der Waals surface area contributed by atoms with E-state index in [2.05, 4.69) is 5.32 Å². The number of carboxylic acids is 1. The van der Waals surface area contributed by atoms with E-state index in [0.717, 1.165) is 5.56 Å². The Morgan fingerprint density at radius 1 is 1.29 bits per heavy atom. The van der Waals surface area contributed by atoms with E-state index in [0.29, 0.717) is 10.9 Å². The van der Waals surface area contributed by atoms with E-state index in [1.807, 2.05) is 0 Å². The number of carbonyl (C=O) groups excluding carboxylic acids is 2. The Bertz CT molecular complexity index is 852. The first-order valence-electron chi connectivity index (χ1n) is 7.52. The minimum absolute atomic E-state index is 0.0122. The van der Waals surface area contributed by atoms with Crippen molar-refractivity contribution >= 4 is 22.8 Å². The lowest BCUT2D eigenvalue weighted by molar-refractivity contribution is -0.305. The molecule has 0 aliphatic carbocycles. The smallest absolute Gasteiger partial charge is 0.340 e. The minimum atomic E-state index is -1.18. The molecule has 1 amide bonds. The summed E-state index contributed by atoms with van der Waals surface area (Å²) >= 11 is 0. The number of amides is 1. The molecule has 0 atom stereocenters. The number of carbonyl (C=O) groups is 2. The number of hydrogen-bond acceptors (Lipinski definition) is 6. The molecule has 24 heavy (non-hydrogen) atoms. The number of aromatic hydroxyl groups is 1. The predicted molar refractivity (Wildman–Crippen MR) is 84.6 cm³/mol. The molecular weight excluding hydrogens is 314 g/mol. The molecule has 0 fully saturated rings. The number of phenols is 1. The zero-order valence-corrected chi connectivity index (χ0v) is 13.5. The molecule has 0 saturated heterocycles. The quantitative estimate of drug-likeness (QED) is 0.580. The van der Waals surface area contributed by atoms with Crippen LogP contribution in [0, 0.1) is 13.8 Å². The van der Waals surface area contributed by atoms with Gasteiger partial charge in [0, 0.05) is 12.5 Å². The van der Waals surface area contributed by atoms with Crippen molar-refractivity contribution in [1.82, 2.24) is 5.32 Å². The van der Waals surface area contributed by atoms with Gasteiger partial charge in [0.15, 0.2) is 0 Å². The van der Waals surface area contributed by atoms with Gasteiger partial charge in [-0.3, -0.25) is 4.79 Å². The first-order chi connectivity index (χ1) is 11.3. The maximum atomic E-state index is 12.1. The Morgan fingerprint density at radius 2 is 2.00 bits per heavy atom. The molecule has 7 heteroatoms. The van der Waals surface area contributed by atoms with E-state index in [1.165, 1.54) is 0 Å². The number of carboxylic acid groups (broad SMARTS) is 1. The lowest BCUT2D eigenvalue weighted by atomic mass is 10.0. The first-order valence-corrected chi connectivity index (χ1v) is 7.52. The van der Waals surface area contributed by atoms with Crippen LogP contribution in [0.1, 0.15) is 29.5 Å². The molecule has 7 nitrogen and oxygen atoms in total. The van der Waals surface area contributed by atoms with Crippen LogP contribution in [0.4, 0.5) is 0 Å². The first kappa shape index (κ1) is 17.5. The summed E-state index contributed by atoms with van der Waals surface area (Å²) in [7, 11) is 0. The van der Waals surface area contributed by atoms with Gasteiger partial charge in [0.05, 0.1) is 17.4 Å². The fourth-order valence-electron chi connectivity index (χ4n) is 2.55. The monoisotopic (exact) mass is 332 g/mol. The van der Waals surface area contributed by atoms with Gasteiger partial charge < -0.3 is 24.7 Å². The number of rotatable bonds is 6. The maximum Gasteiger partial charge on any atom is 0.340 e. The third kappa shape index (κ3) is 3.92. The molecule has 0 bridgehead atoms. The minimum Gasteiger partial charge on any atom is -0.550 e. The van der Waals surface area contributed by atoms with Crippen LogP contribution in [0.5, 0.6) is 5.75 Å². The normalized spacial score (nSPS) is 10.8. The average molecular weight is 332 g/mol. The van der Waals surface area contributed by atoms with Crippen LogP contribution in [-0.4, -0.2) is 23.5 Å². The summed E-state index contributed by atoms with van der Waals surface area (Å²) in [6.07, 6.45) is -0.104. The Morgan fingerprint density at radius 3 is 2.67 bits per heavy atom. The van der Waals surface area contributed by atoms with Crippen LogP contribution in [0.15, 0.2) is 21.3 Å². The predicted octanol–water partition coefficient (Wildman–Crippen LogP) is 0.304. The van der Waals surface area contributed by atoms with Gasteiger partial charge in [-0.05, 0) is 49.9 Å². The molecule has 2 N–H and O–H groups in total. The highest BCUT2D eigenvalue weighted by atomic mass is 16.4. The molecule has 0 aliphatic heterocycles. The topological polar surface area (TPSA) is 120 Å². The molecule has 2 rings (SSSR count). The van der Waals surface area contributed by atoms with Gasteiger partial charge in [-0.1, -0.05) is 0 Å². The van der Waals surface area contributed by atoms with E-state index in [4.69, 9.17) is 4.42 Å². The molecule has 1 heterocycles. The fraction of sp³-hybridized carbons (Fsp3) is 0.353.